The molecule has 0 atom stereocenters. The Labute approximate surface area is 138 Å². The first-order chi connectivity index (χ1) is 10.6. The Kier molecular flexibility index (Phi) is 6.75. The van der Waals surface area contributed by atoms with Crippen molar-refractivity contribution in [2.24, 2.45) is 5.73 Å². The van der Waals surface area contributed by atoms with E-state index in [0.29, 0.717) is 31.7 Å². The minimum Gasteiger partial charge on any atom is -0.354 e. The van der Waals surface area contributed by atoms with Crippen molar-refractivity contribution in [1.82, 2.24) is 15.1 Å². The van der Waals surface area contributed by atoms with Crippen LogP contribution in [0.25, 0.3) is 0 Å². The van der Waals surface area contributed by atoms with Gasteiger partial charge in [-0.3, -0.25) is 14.6 Å². The number of piperazine rings is 1. The highest BCUT2D eigenvalue weighted by Crippen LogP contribution is 2.17. The molecule has 1 heterocycles. The summed E-state index contributed by atoms with van der Waals surface area (Å²) in [6, 6.07) is 5.16. The lowest BCUT2D eigenvalue weighted by Gasteiger charge is -2.34. The molecule has 3 N–H and O–H groups in total. The molecule has 0 bridgehead atoms. The summed E-state index contributed by atoms with van der Waals surface area (Å²) in [6.45, 7) is 5.27. The van der Waals surface area contributed by atoms with Crippen LogP contribution < -0.4 is 11.1 Å². The molecule has 22 heavy (non-hydrogen) atoms. The van der Waals surface area contributed by atoms with Gasteiger partial charge in [-0.2, -0.15) is 0 Å². The molecule has 2 rings (SSSR count). The van der Waals surface area contributed by atoms with Crippen LogP contribution in [0.15, 0.2) is 22.7 Å². The maximum Gasteiger partial charge on any atom is 0.234 e. The van der Waals surface area contributed by atoms with E-state index in [4.69, 9.17) is 5.73 Å². The van der Waals surface area contributed by atoms with Crippen LogP contribution in [0.1, 0.15) is 5.56 Å². The van der Waals surface area contributed by atoms with Crippen LogP contribution in [-0.2, 0) is 11.3 Å². The van der Waals surface area contributed by atoms with E-state index in [2.05, 4.69) is 31.0 Å². The van der Waals surface area contributed by atoms with Crippen molar-refractivity contribution in [3.63, 3.8) is 0 Å². The van der Waals surface area contributed by atoms with Gasteiger partial charge in [0.1, 0.15) is 5.82 Å². The number of carbonyl (C=O) groups is 1. The lowest BCUT2D eigenvalue weighted by molar-refractivity contribution is -0.122. The Morgan fingerprint density at radius 2 is 1.95 bits per heavy atom. The average Bonchev–Trinajstić information content (AvgIpc) is 2.50. The fraction of sp³-hybridized carbons (Fsp3) is 0.533. The highest BCUT2D eigenvalue weighted by Gasteiger charge is 2.19. The third kappa shape index (κ3) is 5.31. The molecule has 7 heteroatoms. The number of benzene rings is 1. The molecule has 1 aromatic carbocycles. The van der Waals surface area contributed by atoms with Gasteiger partial charge in [-0.05, 0) is 12.1 Å². The topological polar surface area (TPSA) is 61.6 Å². The third-order valence-corrected chi connectivity index (χ3v) is 4.20. The predicted molar refractivity (Wildman–Crippen MR) is 87.9 cm³/mol. The van der Waals surface area contributed by atoms with Gasteiger partial charge >= 0.3 is 0 Å². The standard InChI is InChI=1S/C15H22BrFN4O/c16-13-2-1-12(14(17)9-13)10-20-5-7-21(8-6-20)11-15(22)19-4-3-18/h1-2,9H,3-8,10-11,18H2,(H,19,22). The molecule has 122 valence electrons. The number of hydrogen-bond donors (Lipinski definition) is 2. The summed E-state index contributed by atoms with van der Waals surface area (Å²) in [4.78, 5) is 16.0. The second kappa shape index (κ2) is 8.57. The first kappa shape index (κ1) is 17.3. The summed E-state index contributed by atoms with van der Waals surface area (Å²) in [5.41, 5.74) is 6.06. The van der Waals surface area contributed by atoms with Gasteiger partial charge < -0.3 is 11.1 Å². The molecule has 1 saturated heterocycles. The summed E-state index contributed by atoms with van der Waals surface area (Å²) in [7, 11) is 0. The molecule has 0 unspecified atom stereocenters. The Balaban J connectivity index is 1.76. The lowest BCUT2D eigenvalue weighted by Crippen LogP contribution is -2.49. The molecule has 0 radical (unpaired) electrons. The molecule has 0 saturated carbocycles. The van der Waals surface area contributed by atoms with Crippen molar-refractivity contribution < 1.29 is 9.18 Å². The van der Waals surface area contributed by atoms with E-state index < -0.39 is 0 Å². The second-order valence-electron chi connectivity index (χ2n) is 5.43. The molecule has 1 aliphatic rings. The van der Waals surface area contributed by atoms with Crippen LogP contribution in [0, 0.1) is 5.82 Å². The molecular weight excluding hydrogens is 351 g/mol. The molecule has 1 aromatic rings. The highest BCUT2D eigenvalue weighted by atomic mass is 79.9. The van der Waals surface area contributed by atoms with Crippen LogP contribution >= 0.6 is 15.9 Å². The molecular formula is C15H22BrFN4O. The van der Waals surface area contributed by atoms with Crippen LogP contribution in [-0.4, -0.2) is 61.5 Å². The summed E-state index contributed by atoms with van der Waals surface area (Å²) in [6.07, 6.45) is 0. The van der Waals surface area contributed by atoms with Gasteiger partial charge in [0.15, 0.2) is 0 Å². The van der Waals surface area contributed by atoms with Crippen molar-refractivity contribution >= 4 is 21.8 Å². The van der Waals surface area contributed by atoms with Gasteiger partial charge in [-0.15, -0.1) is 0 Å². The van der Waals surface area contributed by atoms with E-state index in [1.165, 1.54) is 6.07 Å². The molecule has 1 amide bonds. The van der Waals surface area contributed by atoms with E-state index in [0.717, 1.165) is 30.7 Å². The highest BCUT2D eigenvalue weighted by molar-refractivity contribution is 9.10. The maximum atomic E-state index is 13.8. The fourth-order valence-electron chi connectivity index (χ4n) is 2.47. The van der Waals surface area contributed by atoms with Crippen LogP contribution in [0.2, 0.25) is 0 Å². The number of amides is 1. The number of nitrogens with two attached hydrogens (primary N) is 1. The Morgan fingerprint density at radius 1 is 1.27 bits per heavy atom. The predicted octanol–water partition coefficient (Wildman–Crippen LogP) is 0.781. The zero-order chi connectivity index (χ0) is 15.9. The normalized spacial score (nSPS) is 16.7. The van der Waals surface area contributed by atoms with Gasteiger partial charge in [-0.1, -0.05) is 22.0 Å². The lowest BCUT2D eigenvalue weighted by atomic mass is 10.2. The first-order valence-electron chi connectivity index (χ1n) is 7.44. The Bertz CT molecular complexity index is 506. The second-order valence-corrected chi connectivity index (χ2v) is 6.34. The zero-order valence-corrected chi connectivity index (χ0v) is 14.1. The SMILES string of the molecule is NCCNC(=O)CN1CCN(Cc2ccc(Br)cc2F)CC1. The van der Waals surface area contributed by atoms with E-state index in [-0.39, 0.29) is 11.7 Å². The van der Waals surface area contributed by atoms with Crippen molar-refractivity contribution in [1.29, 1.82) is 0 Å². The van der Waals surface area contributed by atoms with Crippen molar-refractivity contribution in [3.05, 3.63) is 34.1 Å². The molecule has 0 spiro atoms. The van der Waals surface area contributed by atoms with E-state index in [1.54, 1.807) is 0 Å². The monoisotopic (exact) mass is 372 g/mol. The van der Waals surface area contributed by atoms with Crippen LogP contribution in [0.5, 0.6) is 0 Å². The number of nitrogens with zero attached hydrogens (tertiary/aromatic N) is 2. The van der Waals surface area contributed by atoms with Gasteiger partial charge in [0, 0.05) is 55.8 Å². The fourth-order valence-corrected chi connectivity index (χ4v) is 2.80. The summed E-state index contributed by atoms with van der Waals surface area (Å²) < 4.78 is 14.6. The van der Waals surface area contributed by atoms with Crippen LogP contribution in [0.4, 0.5) is 4.39 Å². The van der Waals surface area contributed by atoms with Gasteiger partial charge in [0.05, 0.1) is 6.54 Å². The minimum atomic E-state index is -0.182. The zero-order valence-electron chi connectivity index (χ0n) is 12.5. The first-order valence-corrected chi connectivity index (χ1v) is 8.23. The quantitative estimate of drug-likeness (QED) is 0.774. The van der Waals surface area contributed by atoms with Crippen molar-refractivity contribution in [2.75, 3.05) is 45.8 Å². The number of nitrogens with one attached hydrogen (secondary N) is 1. The van der Waals surface area contributed by atoms with Crippen molar-refractivity contribution in [2.45, 2.75) is 6.54 Å². The molecule has 1 aliphatic heterocycles. The van der Waals surface area contributed by atoms with Crippen LogP contribution in [0.3, 0.4) is 0 Å². The van der Waals surface area contributed by atoms with Gasteiger partial charge in [-0.25, -0.2) is 4.39 Å². The van der Waals surface area contributed by atoms with Crippen molar-refractivity contribution in [3.8, 4) is 0 Å². The molecule has 0 aliphatic carbocycles. The summed E-state index contributed by atoms with van der Waals surface area (Å²) in [5.74, 6) is -0.171. The smallest absolute Gasteiger partial charge is 0.234 e. The van der Waals surface area contributed by atoms with Gasteiger partial charge in [0.25, 0.3) is 0 Å². The summed E-state index contributed by atoms with van der Waals surface area (Å²) >= 11 is 3.26. The molecule has 0 aromatic heterocycles. The van der Waals surface area contributed by atoms with E-state index in [9.17, 15) is 9.18 Å². The largest absolute Gasteiger partial charge is 0.354 e. The number of hydrogen-bond acceptors (Lipinski definition) is 4. The van der Waals surface area contributed by atoms with E-state index in [1.807, 2.05) is 12.1 Å². The molecule has 1 fully saturated rings. The molecule has 5 nitrogen and oxygen atoms in total. The Morgan fingerprint density at radius 3 is 2.59 bits per heavy atom. The number of rotatable bonds is 6. The average molecular weight is 373 g/mol. The van der Waals surface area contributed by atoms with E-state index >= 15 is 0 Å². The number of halogens is 2. The maximum absolute atomic E-state index is 13.8. The van der Waals surface area contributed by atoms with Gasteiger partial charge in [0.2, 0.25) is 5.91 Å². The Hall–Kier alpha value is -1.02. The third-order valence-electron chi connectivity index (χ3n) is 3.71. The minimum absolute atomic E-state index is 0.0119. The summed E-state index contributed by atoms with van der Waals surface area (Å²) in [5, 5.41) is 2.77. The number of carbonyl (C=O) groups excluding carboxylic acids is 1.